The molecule has 4 nitrogen and oxygen atoms in total. The van der Waals surface area contributed by atoms with Gasteiger partial charge in [0.15, 0.2) is 0 Å². The number of carbonyl (C=O) groups excluding carboxylic acids is 1. The molecule has 0 atom stereocenters. The van der Waals surface area contributed by atoms with Gasteiger partial charge in [0.05, 0.1) is 0 Å². The second kappa shape index (κ2) is 5.44. The van der Waals surface area contributed by atoms with Crippen molar-refractivity contribution in [3.05, 3.63) is 29.3 Å². The number of nitrogens with two attached hydrogens (primary N) is 1. The van der Waals surface area contributed by atoms with Gasteiger partial charge in [-0.2, -0.15) is 0 Å². The summed E-state index contributed by atoms with van der Waals surface area (Å²) in [6, 6.07) is 5.55. The van der Waals surface area contributed by atoms with E-state index in [1.165, 1.54) is 0 Å². The Labute approximate surface area is 121 Å². The van der Waals surface area contributed by atoms with Crippen molar-refractivity contribution in [1.29, 1.82) is 0 Å². The monoisotopic (exact) mass is 275 g/mol. The molecule has 0 saturated carbocycles. The number of benzene rings is 1. The van der Waals surface area contributed by atoms with E-state index in [0.717, 1.165) is 37.3 Å². The third-order valence-corrected chi connectivity index (χ3v) is 4.12. The molecule has 110 valence electrons. The first-order valence-electron chi connectivity index (χ1n) is 7.20. The molecular weight excluding hydrogens is 250 g/mol. The van der Waals surface area contributed by atoms with Crippen LogP contribution < -0.4 is 5.73 Å². The Morgan fingerprint density at radius 2 is 1.75 bits per heavy atom. The molecule has 20 heavy (non-hydrogen) atoms. The molecular formula is C16H25N3O. The Kier molecular flexibility index (Phi) is 4.04. The van der Waals surface area contributed by atoms with Gasteiger partial charge in [-0.15, -0.1) is 0 Å². The quantitative estimate of drug-likeness (QED) is 0.799. The van der Waals surface area contributed by atoms with Gasteiger partial charge in [0.2, 0.25) is 0 Å². The molecule has 0 bridgehead atoms. The highest BCUT2D eigenvalue weighted by atomic mass is 16.2. The average molecular weight is 275 g/mol. The van der Waals surface area contributed by atoms with Crippen molar-refractivity contribution in [2.45, 2.75) is 33.2 Å². The lowest BCUT2D eigenvalue weighted by Gasteiger charge is -2.42. The Bertz CT molecular complexity index is 497. The fourth-order valence-electron chi connectivity index (χ4n) is 2.64. The van der Waals surface area contributed by atoms with Crippen LogP contribution in [0.4, 0.5) is 5.69 Å². The van der Waals surface area contributed by atoms with Gasteiger partial charge >= 0.3 is 0 Å². The fourth-order valence-corrected chi connectivity index (χ4v) is 2.64. The minimum absolute atomic E-state index is 0.100. The number of rotatable bonds is 1. The highest BCUT2D eigenvalue weighted by Gasteiger charge is 2.28. The molecule has 1 aromatic rings. The van der Waals surface area contributed by atoms with E-state index in [1.54, 1.807) is 0 Å². The molecule has 2 N–H and O–H groups in total. The molecule has 2 rings (SSSR count). The zero-order chi connectivity index (χ0) is 14.9. The molecule has 1 aromatic carbocycles. The highest BCUT2D eigenvalue weighted by Crippen LogP contribution is 2.20. The molecule has 0 radical (unpaired) electrons. The summed E-state index contributed by atoms with van der Waals surface area (Å²) in [6.45, 7) is 12.0. The van der Waals surface area contributed by atoms with Gasteiger partial charge in [0, 0.05) is 43.0 Å². The van der Waals surface area contributed by atoms with Crippen LogP contribution >= 0.6 is 0 Å². The highest BCUT2D eigenvalue weighted by molar-refractivity contribution is 5.97. The number of piperazine rings is 1. The van der Waals surface area contributed by atoms with E-state index in [4.69, 9.17) is 5.73 Å². The molecule has 1 fully saturated rings. The lowest BCUT2D eigenvalue weighted by atomic mass is 10.0. The topological polar surface area (TPSA) is 49.6 Å². The molecule has 1 aliphatic heterocycles. The molecule has 1 aliphatic rings. The van der Waals surface area contributed by atoms with E-state index < -0.39 is 0 Å². The van der Waals surface area contributed by atoms with Gasteiger partial charge in [0.1, 0.15) is 0 Å². The number of nitrogens with zero attached hydrogens (tertiary/aromatic N) is 2. The smallest absolute Gasteiger partial charge is 0.254 e. The zero-order valence-electron chi connectivity index (χ0n) is 12.9. The number of carbonyl (C=O) groups is 1. The van der Waals surface area contributed by atoms with Crippen LogP contribution in [0.3, 0.4) is 0 Å². The first kappa shape index (κ1) is 14.9. The summed E-state index contributed by atoms with van der Waals surface area (Å²) >= 11 is 0. The Balaban J connectivity index is 2.07. The van der Waals surface area contributed by atoms with E-state index in [-0.39, 0.29) is 11.4 Å². The SMILES string of the molecule is Cc1c(N)cccc1C(=O)N1CCN(C(C)(C)C)CC1. The van der Waals surface area contributed by atoms with Gasteiger partial charge in [-0.25, -0.2) is 0 Å². The number of hydrogen-bond donors (Lipinski definition) is 1. The van der Waals surface area contributed by atoms with Crippen LogP contribution in [0.15, 0.2) is 18.2 Å². The van der Waals surface area contributed by atoms with E-state index >= 15 is 0 Å². The van der Waals surface area contributed by atoms with Crippen LogP contribution in [-0.4, -0.2) is 47.4 Å². The van der Waals surface area contributed by atoms with Crippen LogP contribution in [0.25, 0.3) is 0 Å². The van der Waals surface area contributed by atoms with E-state index in [9.17, 15) is 4.79 Å². The lowest BCUT2D eigenvalue weighted by molar-refractivity contribution is 0.0450. The minimum Gasteiger partial charge on any atom is -0.398 e. The van der Waals surface area contributed by atoms with E-state index in [0.29, 0.717) is 5.69 Å². The summed E-state index contributed by atoms with van der Waals surface area (Å²) in [7, 11) is 0. The second-order valence-electron chi connectivity index (χ2n) is 6.47. The summed E-state index contributed by atoms with van der Waals surface area (Å²) in [5, 5.41) is 0. The molecule has 0 spiro atoms. The Hall–Kier alpha value is -1.55. The molecule has 1 saturated heterocycles. The number of hydrogen-bond acceptors (Lipinski definition) is 3. The predicted molar refractivity (Wildman–Crippen MR) is 82.8 cm³/mol. The molecule has 4 heteroatoms. The van der Waals surface area contributed by atoms with Crippen molar-refractivity contribution in [2.75, 3.05) is 31.9 Å². The van der Waals surface area contributed by atoms with Crippen molar-refractivity contribution >= 4 is 11.6 Å². The van der Waals surface area contributed by atoms with Crippen molar-refractivity contribution in [3.8, 4) is 0 Å². The van der Waals surface area contributed by atoms with Gasteiger partial charge in [-0.05, 0) is 45.4 Å². The van der Waals surface area contributed by atoms with Gasteiger partial charge < -0.3 is 10.6 Å². The summed E-state index contributed by atoms with van der Waals surface area (Å²) in [5.41, 5.74) is 8.36. The average Bonchev–Trinajstić information content (AvgIpc) is 2.40. The van der Waals surface area contributed by atoms with Crippen molar-refractivity contribution in [2.24, 2.45) is 0 Å². The van der Waals surface area contributed by atoms with Crippen LogP contribution in [0.1, 0.15) is 36.7 Å². The maximum Gasteiger partial charge on any atom is 0.254 e. The third-order valence-electron chi connectivity index (χ3n) is 4.12. The molecule has 0 unspecified atom stereocenters. The maximum absolute atomic E-state index is 12.6. The van der Waals surface area contributed by atoms with Gasteiger partial charge in [-0.1, -0.05) is 6.07 Å². The normalized spacial score (nSPS) is 17.3. The second-order valence-corrected chi connectivity index (χ2v) is 6.47. The fraction of sp³-hybridized carbons (Fsp3) is 0.562. The summed E-state index contributed by atoms with van der Waals surface area (Å²) in [4.78, 5) is 16.9. The first-order valence-corrected chi connectivity index (χ1v) is 7.20. The Morgan fingerprint density at radius 3 is 2.30 bits per heavy atom. The van der Waals surface area contributed by atoms with Crippen LogP contribution in [0.2, 0.25) is 0 Å². The predicted octanol–water partition coefficient (Wildman–Crippen LogP) is 2.13. The lowest BCUT2D eigenvalue weighted by Crippen LogP contribution is -2.54. The molecule has 1 heterocycles. The largest absolute Gasteiger partial charge is 0.398 e. The summed E-state index contributed by atoms with van der Waals surface area (Å²) in [5.74, 6) is 0.100. The van der Waals surface area contributed by atoms with Crippen LogP contribution in [0, 0.1) is 6.92 Å². The van der Waals surface area contributed by atoms with Crippen molar-refractivity contribution in [3.63, 3.8) is 0 Å². The van der Waals surface area contributed by atoms with E-state index in [2.05, 4.69) is 25.7 Å². The molecule has 1 amide bonds. The maximum atomic E-state index is 12.6. The number of nitrogen functional groups attached to an aromatic ring is 1. The Morgan fingerprint density at radius 1 is 1.15 bits per heavy atom. The summed E-state index contributed by atoms with van der Waals surface area (Å²) in [6.07, 6.45) is 0. The standard InChI is InChI=1S/C16H25N3O/c1-12-13(6-5-7-14(12)17)15(20)18-8-10-19(11-9-18)16(2,3)4/h5-7H,8-11,17H2,1-4H3. The van der Waals surface area contributed by atoms with Crippen molar-refractivity contribution < 1.29 is 4.79 Å². The number of amides is 1. The summed E-state index contributed by atoms with van der Waals surface area (Å²) < 4.78 is 0. The zero-order valence-corrected chi connectivity index (χ0v) is 12.9. The third kappa shape index (κ3) is 2.96. The molecule has 0 aliphatic carbocycles. The molecule has 0 aromatic heterocycles. The van der Waals surface area contributed by atoms with Crippen LogP contribution in [0.5, 0.6) is 0 Å². The van der Waals surface area contributed by atoms with E-state index in [1.807, 2.05) is 30.0 Å². The number of anilines is 1. The van der Waals surface area contributed by atoms with Gasteiger partial charge in [-0.3, -0.25) is 9.69 Å². The minimum atomic E-state index is 0.100. The van der Waals surface area contributed by atoms with Crippen molar-refractivity contribution in [1.82, 2.24) is 9.80 Å². The first-order chi connectivity index (χ1) is 9.30. The van der Waals surface area contributed by atoms with Crippen LogP contribution in [-0.2, 0) is 0 Å². The van der Waals surface area contributed by atoms with Gasteiger partial charge in [0.25, 0.3) is 5.91 Å².